The highest BCUT2D eigenvalue weighted by atomic mass is 16.1. The van der Waals surface area contributed by atoms with Gasteiger partial charge in [-0.25, -0.2) is 4.79 Å². The summed E-state index contributed by atoms with van der Waals surface area (Å²) >= 11 is 0. The van der Waals surface area contributed by atoms with Gasteiger partial charge in [-0.1, -0.05) is 26.7 Å². The molecule has 0 aromatic heterocycles. The SMILES string of the molecule is CCCCC(C)[C]=C=O. The molecule has 0 amide bonds. The Morgan fingerprint density at radius 3 is 2.67 bits per heavy atom. The van der Waals surface area contributed by atoms with E-state index in [9.17, 15) is 4.79 Å². The highest BCUT2D eigenvalue weighted by molar-refractivity contribution is 5.41. The van der Waals surface area contributed by atoms with Crippen molar-refractivity contribution in [2.24, 2.45) is 5.92 Å². The van der Waals surface area contributed by atoms with E-state index in [-0.39, 0.29) is 0 Å². The number of hydrogen-bond acceptors (Lipinski definition) is 1. The summed E-state index contributed by atoms with van der Waals surface area (Å²) in [7, 11) is 0. The Hall–Kier alpha value is -0.550. The maximum absolute atomic E-state index is 9.74. The Morgan fingerprint density at radius 2 is 2.22 bits per heavy atom. The van der Waals surface area contributed by atoms with E-state index in [0.29, 0.717) is 5.92 Å². The molecule has 1 radical (unpaired) electrons. The monoisotopic (exact) mass is 125 g/mol. The lowest BCUT2D eigenvalue weighted by Crippen LogP contribution is -1.89. The molecule has 0 saturated carbocycles. The van der Waals surface area contributed by atoms with Crippen molar-refractivity contribution in [2.75, 3.05) is 0 Å². The van der Waals surface area contributed by atoms with Crippen molar-refractivity contribution in [3.05, 3.63) is 6.08 Å². The van der Waals surface area contributed by atoms with Crippen molar-refractivity contribution in [1.29, 1.82) is 0 Å². The van der Waals surface area contributed by atoms with Gasteiger partial charge in [0, 0.05) is 0 Å². The molecule has 1 atom stereocenters. The Morgan fingerprint density at radius 1 is 1.56 bits per heavy atom. The van der Waals surface area contributed by atoms with Gasteiger partial charge in [-0.15, -0.1) is 0 Å². The largest absolute Gasteiger partial charge is 0.233 e. The molecule has 0 aromatic rings. The van der Waals surface area contributed by atoms with Gasteiger partial charge in [0.05, 0.1) is 6.08 Å². The molecule has 9 heavy (non-hydrogen) atoms. The van der Waals surface area contributed by atoms with Crippen LogP contribution in [0.25, 0.3) is 0 Å². The fourth-order valence-corrected chi connectivity index (χ4v) is 0.683. The molecule has 0 N–H and O–H groups in total. The minimum absolute atomic E-state index is 0.294. The van der Waals surface area contributed by atoms with Gasteiger partial charge in [-0.05, 0) is 12.3 Å². The summed E-state index contributed by atoms with van der Waals surface area (Å²) in [6.45, 7) is 4.12. The zero-order chi connectivity index (χ0) is 7.11. The van der Waals surface area contributed by atoms with E-state index >= 15 is 0 Å². The Kier molecular flexibility index (Phi) is 5.24. The molecule has 0 heterocycles. The van der Waals surface area contributed by atoms with Crippen molar-refractivity contribution in [3.8, 4) is 0 Å². The average Bonchev–Trinajstić information content (AvgIpc) is 1.85. The van der Waals surface area contributed by atoms with Gasteiger partial charge in [-0.2, -0.15) is 0 Å². The normalized spacial score (nSPS) is 12.2. The first-order valence-electron chi connectivity index (χ1n) is 3.44. The molecule has 0 bridgehead atoms. The number of unbranched alkanes of at least 4 members (excludes halogenated alkanes) is 1. The van der Waals surface area contributed by atoms with Gasteiger partial charge in [0.1, 0.15) is 5.94 Å². The number of rotatable bonds is 4. The molecule has 0 fully saturated rings. The van der Waals surface area contributed by atoms with Crippen LogP contribution in [-0.4, -0.2) is 5.94 Å². The molecule has 51 valence electrons. The fourth-order valence-electron chi connectivity index (χ4n) is 0.683. The highest BCUT2D eigenvalue weighted by Crippen LogP contribution is 2.05. The van der Waals surface area contributed by atoms with Crippen LogP contribution >= 0.6 is 0 Å². The molecule has 0 aliphatic heterocycles. The number of allylic oxidation sites excluding steroid dienone is 1. The first-order chi connectivity index (χ1) is 4.31. The second-order valence-electron chi connectivity index (χ2n) is 2.29. The second kappa shape index (κ2) is 5.58. The maximum Gasteiger partial charge on any atom is 0.129 e. The molecular formula is C8H13O. The fraction of sp³-hybridized carbons (Fsp3) is 0.750. The van der Waals surface area contributed by atoms with Crippen LogP contribution in [0.1, 0.15) is 33.1 Å². The summed E-state index contributed by atoms with van der Waals surface area (Å²) in [5, 5.41) is 0. The Balaban J connectivity index is 3.26. The first-order valence-corrected chi connectivity index (χ1v) is 3.44. The quantitative estimate of drug-likeness (QED) is 0.525. The number of carbonyl (C=O) groups excluding carboxylic acids is 1. The zero-order valence-corrected chi connectivity index (χ0v) is 6.11. The highest BCUT2D eigenvalue weighted by Gasteiger charge is 1.94. The van der Waals surface area contributed by atoms with Crippen LogP contribution in [0.4, 0.5) is 0 Å². The third-order valence-corrected chi connectivity index (χ3v) is 1.30. The average molecular weight is 125 g/mol. The van der Waals surface area contributed by atoms with E-state index in [1.54, 1.807) is 5.94 Å². The minimum atomic E-state index is 0.294. The maximum atomic E-state index is 9.74. The summed E-state index contributed by atoms with van der Waals surface area (Å²) in [6.07, 6.45) is 6.00. The van der Waals surface area contributed by atoms with Crippen molar-refractivity contribution in [1.82, 2.24) is 0 Å². The standard InChI is InChI=1S/C8H13O/c1-3-4-5-8(2)6-7-9/h8H,3-5H2,1-2H3. The summed E-state index contributed by atoms with van der Waals surface area (Å²) in [5.41, 5.74) is 0. The van der Waals surface area contributed by atoms with Crippen LogP contribution in [0.5, 0.6) is 0 Å². The predicted octanol–water partition coefficient (Wildman–Crippen LogP) is 2.00. The molecule has 1 unspecified atom stereocenters. The van der Waals surface area contributed by atoms with Gasteiger partial charge >= 0.3 is 0 Å². The topological polar surface area (TPSA) is 17.1 Å². The first kappa shape index (κ1) is 8.45. The predicted molar refractivity (Wildman–Crippen MR) is 37.6 cm³/mol. The van der Waals surface area contributed by atoms with Crippen LogP contribution in [0, 0.1) is 12.0 Å². The molecule has 1 heteroatoms. The molecule has 0 aromatic carbocycles. The van der Waals surface area contributed by atoms with E-state index in [1.165, 1.54) is 12.8 Å². The van der Waals surface area contributed by atoms with Crippen LogP contribution in [0.15, 0.2) is 0 Å². The molecule has 0 rings (SSSR count). The van der Waals surface area contributed by atoms with Crippen molar-refractivity contribution < 1.29 is 4.79 Å². The molecule has 0 spiro atoms. The minimum Gasteiger partial charge on any atom is -0.233 e. The van der Waals surface area contributed by atoms with E-state index in [4.69, 9.17) is 0 Å². The van der Waals surface area contributed by atoms with Crippen LogP contribution < -0.4 is 0 Å². The Bertz CT molecular complexity index is 101. The molecule has 1 nitrogen and oxygen atoms in total. The Labute approximate surface area is 56.8 Å². The van der Waals surface area contributed by atoms with Crippen LogP contribution in [0.2, 0.25) is 0 Å². The third-order valence-electron chi connectivity index (χ3n) is 1.30. The molecule has 0 aliphatic rings. The lowest BCUT2D eigenvalue weighted by Gasteiger charge is -1.98. The summed E-state index contributed by atoms with van der Waals surface area (Å²) in [4.78, 5) is 9.74. The zero-order valence-electron chi connectivity index (χ0n) is 6.11. The van der Waals surface area contributed by atoms with Gasteiger partial charge in [-0.3, -0.25) is 0 Å². The van der Waals surface area contributed by atoms with Crippen molar-refractivity contribution in [3.63, 3.8) is 0 Å². The second-order valence-corrected chi connectivity index (χ2v) is 2.29. The van der Waals surface area contributed by atoms with E-state index in [2.05, 4.69) is 13.0 Å². The van der Waals surface area contributed by atoms with Crippen LogP contribution in [-0.2, 0) is 4.79 Å². The molecule has 0 saturated heterocycles. The lowest BCUT2D eigenvalue weighted by molar-refractivity contribution is 0.553. The molecule has 0 aliphatic carbocycles. The van der Waals surface area contributed by atoms with Crippen molar-refractivity contribution in [2.45, 2.75) is 33.1 Å². The van der Waals surface area contributed by atoms with Gasteiger partial charge in [0.2, 0.25) is 0 Å². The van der Waals surface area contributed by atoms with E-state index in [0.717, 1.165) is 6.42 Å². The van der Waals surface area contributed by atoms with E-state index in [1.807, 2.05) is 6.92 Å². The molecular weight excluding hydrogens is 112 g/mol. The third kappa shape index (κ3) is 5.32. The number of hydrogen-bond donors (Lipinski definition) is 0. The van der Waals surface area contributed by atoms with Crippen molar-refractivity contribution >= 4 is 5.94 Å². The van der Waals surface area contributed by atoms with Gasteiger partial charge in [0.15, 0.2) is 0 Å². The van der Waals surface area contributed by atoms with Gasteiger partial charge in [0.25, 0.3) is 0 Å². The van der Waals surface area contributed by atoms with Crippen LogP contribution in [0.3, 0.4) is 0 Å². The van der Waals surface area contributed by atoms with E-state index < -0.39 is 0 Å². The smallest absolute Gasteiger partial charge is 0.129 e. The lowest BCUT2D eigenvalue weighted by atomic mass is 10.1. The summed E-state index contributed by atoms with van der Waals surface area (Å²) in [5.74, 6) is 1.97. The van der Waals surface area contributed by atoms with Gasteiger partial charge < -0.3 is 0 Å². The summed E-state index contributed by atoms with van der Waals surface area (Å²) in [6, 6.07) is 0. The summed E-state index contributed by atoms with van der Waals surface area (Å²) < 4.78 is 0.